The van der Waals surface area contributed by atoms with Gasteiger partial charge < -0.3 is 19.9 Å². The van der Waals surface area contributed by atoms with Crippen molar-refractivity contribution in [1.82, 2.24) is 5.32 Å². The maximum absolute atomic E-state index is 12.4. The first-order valence-electron chi connectivity index (χ1n) is 8.27. The van der Waals surface area contributed by atoms with Crippen LogP contribution in [0, 0.1) is 0 Å². The fourth-order valence-electron chi connectivity index (χ4n) is 2.47. The average Bonchev–Trinajstić information content (AvgIpc) is 2.45. The molecule has 0 saturated heterocycles. The number of benzene rings is 1. The predicted molar refractivity (Wildman–Crippen MR) is 95.9 cm³/mol. The molecular formula is C19H29NO5. The Balaban J connectivity index is 2.74. The van der Waals surface area contributed by atoms with Gasteiger partial charge >= 0.3 is 5.97 Å². The van der Waals surface area contributed by atoms with Crippen LogP contribution in [0.1, 0.15) is 46.6 Å². The van der Waals surface area contributed by atoms with Gasteiger partial charge in [-0.15, -0.1) is 0 Å². The van der Waals surface area contributed by atoms with Crippen molar-refractivity contribution in [2.24, 2.45) is 0 Å². The van der Waals surface area contributed by atoms with Gasteiger partial charge in [-0.25, -0.2) is 0 Å². The van der Waals surface area contributed by atoms with Crippen LogP contribution >= 0.6 is 0 Å². The fourth-order valence-corrected chi connectivity index (χ4v) is 2.47. The van der Waals surface area contributed by atoms with Crippen molar-refractivity contribution in [3.8, 4) is 5.75 Å². The maximum Gasteiger partial charge on any atom is 0.305 e. The summed E-state index contributed by atoms with van der Waals surface area (Å²) in [5.41, 5.74) is 0.220. The monoisotopic (exact) mass is 351 g/mol. The second-order valence-electron chi connectivity index (χ2n) is 7.59. The number of ether oxygens (including phenoxy) is 2. The van der Waals surface area contributed by atoms with Crippen LogP contribution < -0.4 is 10.1 Å². The molecule has 0 aliphatic rings. The lowest BCUT2D eigenvalue weighted by molar-refractivity contribution is -0.140. The summed E-state index contributed by atoms with van der Waals surface area (Å²) in [4.78, 5) is 23.4. The number of nitrogens with one attached hydrogen (secondary N) is 1. The van der Waals surface area contributed by atoms with Crippen molar-refractivity contribution in [3.63, 3.8) is 0 Å². The van der Waals surface area contributed by atoms with Gasteiger partial charge in [0.25, 0.3) is 5.91 Å². The van der Waals surface area contributed by atoms with Crippen LogP contribution in [0.25, 0.3) is 0 Å². The third kappa shape index (κ3) is 6.74. The third-order valence-electron chi connectivity index (χ3n) is 3.83. The van der Waals surface area contributed by atoms with Gasteiger partial charge in [-0.2, -0.15) is 0 Å². The average molecular weight is 351 g/mol. The number of hydrogen-bond donors (Lipinski definition) is 2. The molecule has 0 bridgehead atoms. The zero-order chi connectivity index (χ0) is 19.3. The molecule has 2 unspecified atom stereocenters. The molecular weight excluding hydrogens is 322 g/mol. The Bertz CT molecular complexity index is 591. The maximum atomic E-state index is 12.4. The summed E-state index contributed by atoms with van der Waals surface area (Å²) in [6.07, 6.45) is -0.995. The van der Waals surface area contributed by atoms with E-state index in [9.17, 15) is 9.59 Å². The second-order valence-corrected chi connectivity index (χ2v) is 7.59. The molecule has 2 N–H and O–H groups in total. The first-order valence-corrected chi connectivity index (χ1v) is 8.27. The molecule has 0 spiro atoms. The smallest absolute Gasteiger partial charge is 0.305 e. The van der Waals surface area contributed by atoms with E-state index in [4.69, 9.17) is 14.6 Å². The molecule has 6 heteroatoms. The molecule has 0 radical (unpaired) electrons. The SMILES string of the molecule is COCC(C)(CC(=O)O)NC(=O)C(C)Oc1ccc(C(C)(C)C)cc1. The highest BCUT2D eigenvalue weighted by molar-refractivity contribution is 5.82. The van der Waals surface area contributed by atoms with E-state index < -0.39 is 17.6 Å². The molecule has 1 aromatic rings. The van der Waals surface area contributed by atoms with E-state index in [0.717, 1.165) is 0 Å². The highest BCUT2D eigenvalue weighted by atomic mass is 16.5. The Hall–Kier alpha value is -2.08. The van der Waals surface area contributed by atoms with E-state index in [1.54, 1.807) is 13.8 Å². The van der Waals surface area contributed by atoms with E-state index in [1.807, 2.05) is 24.3 Å². The minimum Gasteiger partial charge on any atom is -0.481 e. The van der Waals surface area contributed by atoms with E-state index >= 15 is 0 Å². The summed E-state index contributed by atoms with van der Waals surface area (Å²) in [7, 11) is 1.46. The molecule has 1 rings (SSSR count). The molecule has 0 aliphatic heterocycles. The van der Waals surface area contributed by atoms with Crippen LogP contribution in [0.4, 0.5) is 0 Å². The number of amides is 1. The highest BCUT2D eigenvalue weighted by Gasteiger charge is 2.31. The molecule has 0 fully saturated rings. The van der Waals surface area contributed by atoms with E-state index in [2.05, 4.69) is 26.1 Å². The normalized spacial score (nSPS) is 15.1. The highest BCUT2D eigenvalue weighted by Crippen LogP contribution is 2.24. The summed E-state index contributed by atoms with van der Waals surface area (Å²) in [5, 5.41) is 11.7. The van der Waals surface area contributed by atoms with Crippen LogP contribution in [0.2, 0.25) is 0 Å². The molecule has 0 aliphatic carbocycles. The van der Waals surface area contributed by atoms with Crippen LogP contribution in [0.3, 0.4) is 0 Å². The Morgan fingerprint density at radius 1 is 1.16 bits per heavy atom. The summed E-state index contributed by atoms with van der Waals surface area (Å²) in [6, 6.07) is 7.60. The van der Waals surface area contributed by atoms with Gasteiger partial charge in [-0.3, -0.25) is 9.59 Å². The van der Waals surface area contributed by atoms with Crippen LogP contribution in [-0.4, -0.2) is 42.3 Å². The van der Waals surface area contributed by atoms with Crippen molar-refractivity contribution in [3.05, 3.63) is 29.8 Å². The lowest BCUT2D eigenvalue weighted by Gasteiger charge is -2.30. The number of carboxylic acids is 1. The van der Waals surface area contributed by atoms with Crippen LogP contribution in [-0.2, 0) is 19.7 Å². The largest absolute Gasteiger partial charge is 0.481 e. The lowest BCUT2D eigenvalue weighted by Crippen LogP contribution is -2.54. The van der Waals surface area contributed by atoms with Gasteiger partial charge in [0.1, 0.15) is 5.75 Å². The van der Waals surface area contributed by atoms with Crippen molar-refractivity contribution >= 4 is 11.9 Å². The van der Waals surface area contributed by atoms with Crippen molar-refractivity contribution in [2.75, 3.05) is 13.7 Å². The molecule has 1 amide bonds. The van der Waals surface area contributed by atoms with Gasteiger partial charge in [-0.05, 0) is 37.0 Å². The number of carboxylic acid groups (broad SMARTS) is 1. The van der Waals surface area contributed by atoms with Crippen molar-refractivity contribution in [1.29, 1.82) is 0 Å². The van der Waals surface area contributed by atoms with Gasteiger partial charge in [0.05, 0.1) is 18.6 Å². The topological polar surface area (TPSA) is 84.9 Å². The van der Waals surface area contributed by atoms with Gasteiger partial charge in [0.15, 0.2) is 6.10 Å². The van der Waals surface area contributed by atoms with Gasteiger partial charge in [0, 0.05) is 7.11 Å². The van der Waals surface area contributed by atoms with Gasteiger partial charge in [0.2, 0.25) is 0 Å². The molecule has 1 aromatic carbocycles. The lowest BCUT2D eigenvalue weighted by atomic mass is 9.87. The number of carbonyl (C=O) groups excluding carboxylic acids is 1. The first kappa shape index (κ1) is 21.0. The van der Waals surface area contributed by atoms with Crippen molar-refractivity contribution in [2.45, 2.75) is 58.1 Å². The fraction of sp³-hybridized carbons (Fsp3) is 0.579. The van der Waals surface area contributed by atoms with Crippen LogP contribution in [0.15, 0.2) is 24.3 Å². The molecule has 0 aromatic heterocycles. The summed E-state index contributed by atoms with van der Waals surface area (Å²) in [5.74, 6) is -0.811. The molecule has 2 atom stereocenters. The summed E-state index contributed by atoms with van der Waals surface area (Å²) < 4.78 is 10.7. The quantitative estimate of drug-likeness (QED) is 0.752. The number of hydrogen-bond acceptors (Lipinski definition) is 4. The standard InChI is InChI=1S/C19H29NO5/c1-13(17(23)20-19(5,12-24-6)11-16(21)22)25-15-9-7-14(8-10-15)18(2,3)4/h7-10,13H,11-12H2,1-6H3,(H,20,23)(H,21,22). The second kappa shape index (κ2) is 8.34. The zero-order valence-corrected chi connectivity index (χ0v) is 15.9. The Labute approximate surface area is 149 Å². The van der Waals surface area contributed by atoms with E-state index in [1.165, 1.54) is 12.7 Å². The Morgan fingerprint density at radius 3 is 2.16 bits per heavy atom. The number of carbonyl (C=O) groups is 2. The molecule has 0 heterocycles. The van der Waals surface area contributed by atoms with Crippen molar-refractivity contribution < 1.29 is 24.2 Å². The Morgan fingerprint density at radius 2 is 1.72 bits per heavy atom. The third-order valence-corrected chi connectivity index (χ3v) is 3.83. The van der Waals surface area contributed by atoms with Crippen LogP contribution in [0.5, 0.6) is 5.75 Å². The number of methoxy groups -OCH3 is 1. The molecule has 140 valence electrons. The van der Waals surface area contributed by atoms with E-state index in [-0.39, 0.29) is 24.3 Å². The molecule has 25 heavy (non-hydrogen) atoms. The minimum atomic E-state index is -1.01. The molecule has 0 saturated carbocycles. The number of aliphatic carboxylic acids is 1. The predicted octanol–water partition coefficient (Wildman–Crippen LogP) is 2.75. The summed E-state index contributed by atoms with van der Waals surface area (Å²) >= 11 is 0. The number of rotatable bonds is 8. The zero-order valence-electron chi connectivity index (χ0n) is 15.9. The Kier molecular flexibility index (Phi) is 6.99. The first-order chi connectivity index (χ1) is 11.5. The molecule has 6 nitrogen and oxygen atoms in total. The van der Waals surface area contributed by atoms with Gasteiger partial charge in [-0.1, -0.05) is 32.9 Å². The minimum absolute atomic E-state index is 0.0420. The van der Waals surface area contributed by atoms with E-state index in [0.29, 0.717) is 5.75 Å². The summed E-state index contributed by atoms with van der Waals surface area (Å²) in [6.45, 7) is 9.72.